The standard InChI is InChI=1S/C6H6F4O2/c7-5(6(8,9)10)3-11-1-4-2-12-4/h3-4H,1-2H2. The summed E-state index contributed by atoms with van der Waals surface area (Å²) in [5, 5.41) is 0. The van der Waals surface area contributed by atoms with Crippen LogP contribution in [0, 0.1) is 0 Å². The fourth-order valence-corrected chi connectivity index (χ4v) is 0.460. The summed E-state index contributed by atoms with van der Waals surface area (Å²) >= 11 is 0. The summed E-state index contributed by atoms with van der Waals surface area (Å²) in [6, 6.07) is 0. The number of hydrogen-bond donors (Lipinski definition) is 0. The molecule has 0 aliphatic carbocycles. The molecule has 0 spiro atoms. The molecule has 6 heteroatoms. The number of hydrogen-bond acceptors (Lipinski definition) is 2. The molecule has 1 heterocycles. The van der Waals surface area contributed by atoms with Crippen LogP contribution in [0.4, 0.5) is 17.6 Å². The molecule has 1 atom stereocenters. The van der Waals surface area contributed by atoms with Crippen LogP contribution >= 0.6 is 0 Å². The summed E-state index contributed by atoms with van der Waals surface area (Å²) in [7, 11) is 0. The van der Waals surface area contributed by atoms with Crippen LogP contribution in [-0.4, -0.2) is 25.5 Å². The molecular weight excluding hydrogens is 180 g/mol. The van der Waals surface area contributed by atoms with Gasteiger partial charge in [-0.05, 0) is 0 Å². The number of ether oxygens (including phenoxy) is 2. The van der Waals surface area contributed by atoms with Gasteiger partial charge >= 0.3 is 6.18 Å². The van der Waals surface area contributed by atoms with Crippen LogP contribution in [0.15, 0.2) is 12.1 Å². The lowest BCUT2D eigenvalue weighted by Crippen LogP contribution is -2.09. The van der Waals surface area contributed by atoms with E-state index in [0.717, 1.165) is 0 Å². The monoisotopic (exact) mass is 186 g/mol. The van der Waals surface area contributed by atoms with E-state index in [4.69, 9.17) is 0 Å². The topological polar surface area (TPSA) is 21.8 Å². The number of halogens is 4. The normalized spacial score (nSPS) is 24.0. The van der Waals surface area contributed by atoms with Crippen molar-refractivity contribution in [2.45, 2.75) is 12.3 Å². The highest BCUT2D eigenvalue weighted by molar-refractivity contribution is 4.94. The van der Waals surface area contributed by atoms with Crippen molar-refractivity contribution < 1.29 is 27.0 Å². The maximum Gasteiger partial charge on any atom is 0.446 e. The Kier molecular flexibility index (Phi) is 2.56. The highest BCUT2D eigenvalue weighted by Gasteiger charge is 2.35. The lowest BCUT2D eigenvalue weighted by atomic mass is 10.5. The van der Waals surface area contributed by atoms with Gasteiger partial charge in [0.05, 0.1) is 6.61 Å². The van der Waals surface area contributed by atoms with Crippen molar-refractivity contribution in [1.82, 2.24) is 0 Å². The lowest BCUT2D eigenvalue weighted by molar-refractivity contribution is -0.111. The van der Waals surface area contributed by atoms with Gasteiger partial charge in [0.2, 0.25) is 5.83 Å². The molecule has 1 fully saturated rings. The van der Waals surface area contributed by atoms with E-state index in [9.17, 15) is 17.6 Å². The van der Waals surface area contributed by atoms with E-state index in [1.165, 1.54) is 0 Å². The first kappa shape index (κ1) is 9.31. The van der Waals surface area contributed by atoms with Crippen LogP contribution in [0.3, 0.4) is 0 Å². The molecule has 1 saturated heterocycles. The fraction of sp³-hybridized carbons (Fsp3) is 0.667. The molecule has 70 valence electrons. The van der Waals surface area contributed by atoms with Gasteiger partial charge in [-0.3, -0.25) is 0 Å². The molecule has 1 rings (SSSR count). The molecular formula is C6H6F4O2. The number of allylic oxidation sites excluding steroid dienone is 1. The highest BCUT2D eigenvalue weighted by atomic mass is 19.4. The average molecular weight is 186 g/mol. The van der Waals surface area contributed by atoms with Crippen LogP contribution in [0.25, 0.3) is 0 Å². The minimum atomic E-state index is -4.95. The molecule has 1 aliphatic rings. The Morgan fingerprint density at radius 1 is 1.58 bits per heavy atom. The fourth-order valence-electron chi connectivity index (χ4n) is 0.460. The molecule has 0 aromatic carbocycles. The van der Waals surface area contributed by atoms with Gasteiger partial charge in [-0.15, -0.1) is 0 Å². The highest BCUT2D eigenvalue weighted by Crippen LogP contribution is 2.26. The summed E-state index contributed by atoms with van der Waals surface area (Å²) in [4.78, 5) is 0. The Morgan fingerprint density at radius 2 is 2.17 bits per heavy atom. The number of rotatable bonds is 3. The Balaban J connectivity index is 2.24. The third-order valence-corrected chi connectivity index (χ3v) is 1.14. The quantitative estimate of drug-likeness (QED) is 0.380. The Morgan fingerprint density at radius 3 is 2.58 bits per heavy atom. The first-order chi connectivity index (χ1) is 5.50. The predicted octanol–water partition coefficient (Wildman–Crippen LogP) is 1.77. The van der Waals surface area contributed by atoms with E-state index < -0.39 is 12.0 Å². The third-order valence-electron chi connectivity index (χ3n) is 1.14. The third kappa shape index (κ3) is 3.08. The van der Waals surface area contributed by atoms with Gasteiger partial charge in [-0.2, -0.15) is 17.6 Å². The molecule has 0 aromatic heterocycles. The minimum Gasteiger partial charge on any atom is -0.495 e. The van der Waals surface area contributed by atoms with Crippen molar-refractivity contribution in [3.8, 4) is 0 Å². The van der Waals surface area contributed by atoms with Gasteiger partial charge in [0.25, 0.3) is 0 Å². The second-order valence-electron chi connectivity index (χ2n) is 2.25. The molecule has 0 radical (unpaired) electrons. The summed E-state index contributed by atoms with van der Waals surface area (Å²) < 4.78 is 55.1. The second-order valence-corrected chi connectivity index (χ2v) is 2.25. The smallest absolute Gasteiger partial charge is 0.446 e. The zero-order chi connectivity index (χ0) is 9.19. The lowest BCUT2D eigenvalue weighted by Gasteiger charge is -2.02. The van der Waals surface area contributed by atoms with Crippen LogP contribution in [-0.2, 0) is 9.47 Å². The van der Waals surface area contributed by atoms with Crippen molar-refractivity contribution in [2.75, 3.05) is 13.2 Å². The second kappa shape index (κ2) is 3.30. The first-order valence-corrected chi connectivity index (χ1v) is 3.16. The maximum absolute atomic E-state index is 12.0. The van der Waals surface area contributed by atoms with E-state index in [2.05, 4.69) is 9.47 Å². The summed E-state index contributed by atoms with van der Waals surface area (Å²) in [5.41, 5.74) is 0. The van der Waals surface area contributed by atoms with Gasteiger partial charge in [0.1, 0.15) is 19.0 Å². The van der Waals surface area contributed by atoms with E-state index in [0.29, 0.717) is 6.61 Å². The van der Waals surface area contributed by atoms with Gasteiger partial charge in [-0.1, -0.05) is 0 Å². The largest absolute Gasteiger partial charge is 0.495 e. The van der Waals surface area contributed by atoms with E-state index in [1.54, 1.807) is 0 Å². The van der Waals surface area contributed by atoms with Crippen molar-refractivity contribution in [1.29, 1.82) is 0 Å². The van der Waals surface area contributed by atoms with E-state index in [-0.39, 0.29) is 19.0 Å². The SMILES string of the molecule is FC(=COCC1CO1)C(F)(F)F. The van der Waals surface area contributed by atoms with Crippen molar-refractivity contribution in [3.63, 3.8) is 0 Å². The van der Waals surface area contributed by atoms with Crippen molar-refractivity contribution >= 4 is 0 Å². The maximum atomic E-state index is 12.0. The van der Waals surface area contributed by atoms with Gasteiger partial charge < -0.3 is 9.47 Å². The van der Waals surface area contributed by atoms with E-state index >= 15 is 0 Å². The van der Waals surface area contributed by atoms with Crippen LogP contribution in [0.2, 0.25) is 0 Å². The van der Waals surface area contributed by atoms with Crippen LogP contribution < -0.4 is 0 Å². The van der Waals surface area contributed by atoms with Gasteiger partial charge in [0.15, 0.2) is 0 Å². The van der Waals surface area contributed by atoms with E-state index in [1.807, 2.05) is 0 Å². The Hall–Kier alpha value is -0.780. The molecule has 12 heavy (non-hydrogen) atoms. The zero-order valence-corrected chi connectivity index (χ0v) is 5.90. The molecule has 2 nitrogen and oxygen atoms in total. The van der Waals surface area contributed by atoms with Crippen LogP contribution in [0.5, 0.6) is 0 Å². The zero-order valence-electron chi connectivity index (χ0n) is 5.90. The minimum absolute atomic E-state index is 0.0382. The molecule has 0 amide bonds. The van der Waals surface area contributed by atoms with Crippen molar-refractivity contribution in [3.05, 3.63) is 12.1 Å². The first-order valence-electron chi connectivity index (χ1n) is 3.16. The molecule has 1 aliphatic heterocycles. The van der Waals surface area contributed by atoms with Gasteiger partial charge in [0, 0.05) is 0 Å². The molecule has 1 unspecified atom stereocenters. The predicted molar refractivity (Wildman–Crippen MR) is 30.9 cm³/mol. The Labute approximate surface area is 65.8 Å². The average Bonchev–Trinajstić information content (AvgIpc) is 2.69. The number of alkyl halides is 3. The van der Waals surface area contributed by atoms with Crippen molar-refractivity contribution in [2.24, 2.45) is 0 Å². The summed E-state index contributed by atoms with van der Waals surface area (Å²) in [5.74, 6) is -2.23. The molecule has 0 saturated carbocycles. The Bertz CT molecular complexity index is 182. The molecule has 0 N–H and O–H groups in total. The number of epoxide rings is 1. The van der Waals surface area contributed by atoms with Gasteiger partial charge in [-0.25, -0.2) is 0 Å². The summed E-state index contributed by atoms with van der Waals surface area (Å²) in [6.45, 7) is 0.422. The van der Waals surface area contributed by atoms with Crippen LogP contribution in [0.1, 0.15) is 0 Å². The molecule has 0 aromatic rings. The molecule has 0 bridgehead atoms. The summed E-state index contributed by atoms with van der Waals surface area (Å²) in [6.07, 6.45) is -5.08.